The third-order valence-electron chi connectivity index (χ3n) is 6.89. The van der Waals surface area contributed by atoms with Gasteiger partial charge in [-0.05, 0) is 68.1 Å². The van der Waals surface area contributed by atoms with Crippen LogP contribution in [0, 0.1) is 6.92 Å². The van der Waals surface area contributed by atoms with Crippen LogP contribution >= 0.6 is 0 Å². The van der Waals surface area contributed by atoms with Crippen molar-refractivity contribution in [3.05, 3.63) is 83.9 Å². The average Bonchev–Trinajstić information content (AvgIpc) is 3.62. The molecule has 0 radical (unpaired) electrons. The summed E-state index contributed by atoms with van der Waals surface area (Å²) in [6.07, 6.45) is 1.84. The molecule has 0 aliphatic carbocycles. The molecule has 1 aliphatic rings. The molecule has 1 saturated heterocycles. The van der Waals surface area contributed by atoms with Crippen molar-refractivity contribution in [3.63, 3.8) is 0 Å². The van der Waals surface area contributed by atoms with Gasteiger partial charge >= 0.3 is 0 Å². The van der Waals surface area contributed by atoms with Crippen LogP contribution in [0.25, 0.3) is 11.0 Å². The number of carbonyl (C=O) groups is 2. The summed E-state index contributed by atoms with van der Waals surface area (Å²) in [7, 11) is 0. The van der Waals surface area contributed by atoms with Gasteiger partial charge in [0.25, 0.3) is 0 Å². The Labute approximate surface area is 227 Å². The fraction of sp³-hybridized carbons (Fsp3) is 0.333. The van der Waals surface area contributed by atoms with Crippen LogP contribution in [0.4, 0.5) is 5.69 Å². The van der Waals surface area contributed by atoms with Crippen LogP contribution in [0.5, 0.6) is 5.75 Å². The highest BCUT2D eigenvalue weighted by atomic mass is 16.5. The molecule has 2 heterocycles. The number of aryl methyl sites for hydroxylation is 1. The predicted octanol–water partition coefficient (Wildman–Crippen LogP) is 4.21. The van der Waals surface area contributed by atoms with Crippen LogP contribution in [-0.4, -0.2) is 52.7 Å². The number of anilines is 1. The number of ether oxygens (including phenoxy) is 2. The first-order valence-electron chi connectivity index (χ1n) is 13.3. The van der Waals surface area contributed by atoms with Crippen molar-refractivity contribution in [3.8, 4) is 5.75 Å². The lowest BCUT2D eigenvalue weighted by Gasteiger charge is -2.33. The van der Waals surface area contributed by atoms with Gasteiger partial charge in [0.1, 0.15) is 23.9 Å². The Hall–Kier alpha value is -4.24. The highest BCUT2D eigenvalue weighted by Crippen LogP contribution is 2.32. The number of nitrogens with one attached hydrogen (secondary N) is 1. The molecule has 1 aromatic heterocycles. The summed E-state index contributed by atoms with van der Waals surface area (Å²) >= 11 is 0. The lowest BCUT2D eigenvalue weighted by atomic mass is 10.0. The van der Waals surface area contributed by atoms with E-state index in [-0.39, 0.29) is 24.5 Å². The van der Waals surface area contributed by atoms with Crippen molar-refractivity contribution >= 4 is 28.5 Å². The normalized spacial score (nSPS) is 15.7. The second kappa shape index (κ2) is 12.1. The molecule has 1 N–H and O–H groups in total. The Morgan fingerprint density at radius 3 is 2.62 bits per heavy atom. The molecule has 0 unspecified atom stereocenters. The largest absolute Gasteiger partial charge is 0.494 e. The molecule has 1 fully saturated rings. The monoisotopic (exact) mass is 527 g/mol. The summed E-state index contributed by atoms with van der Waals surface area (Å²) in [5, 5.41) is 11.5. The Morgan fingerprint density at radius 1 is 1.10 bits per heavy atom. The molecule has 0 saturated carbocycles. The van der Waals surface area contributed by atoms with Gasteiger partial charge in [-0.2, -0.15) is 0 Å². The van der Waals surface area contributed by atoms with Crippen LogP contribution in [0.2, 0.25) is 0 Å². The molecule has 2 amide bonds. The fourth-order valence-electron chi connectivity index (χ4n) is 4.94. The number of aromatic nitrogens is 3. The summed E-state index contributed by atoms with van der Waals surface area (Å²) in [4.78, 5) is 29.7. The topological polar surface area (TPSA) is 98.6 Å². The van der Waals surface area contributed by atoms with Gasteiger partial charge in [-0.1, -0.05) is 47.7 Å². The van der Waals surface area contributed by atoms with E-state index in [0.29, 0.717) is 42.3 Å². The molecule has 9 heteroatoms. The number of rotatable bonds is 10. The van der Waals surface area contributed by atoms with Gasteiger partial charge in [-0.3, -0.25) is 14.5 Å². The quantitative estimate of drug-likeness (QED) is 0.332. The van der Waals surface area contributed by atoms with Crippen LogP contribution in [0.3, 0.4) is 0 Å². The molecule has 1 aliphatic heterocycles. The SMILES string of the molecule is CCOc1ccc([C@@H](C(=O)NC[C@@H]2CCCO2)N(C(=O)Cn2nnc3ccccc32)c2ccccc2C)cc1. The summed E-state index contributed by atoms with van der Waals surface area (Å²) in [6.45, 7) is 5.38. The number of fused-ring (bicyclic) bond motifs is 1. The molecule has 9 nitrogen and oxygen atoms in total. The van der Waals surface area contributed by atoms with Gasteiger partial charge in [0, 0.05) is 18.8 Å². The zero-order valence-corrected chi connectivity index (χ0v) is 22.2. The van der Waals surface area contributed by atoms with Crippen LogP contribution in [0.15, 0.2) is 72.8 Å². The van der Waals surface area contributed by atoms with Gasteiger partial charge in [-0.25, -0.2) is 4.68 Å². The highest BCUT2D eigenvalue weighted by Gasteiger charge is 2.34. The van der Waals surface area contributed by atoms with E-state index in [4.69, 9.17) is 9.47 Å². The van der Waals surface area contributed by atoms with Gasteiger partial charge in [-0.15, -0.1) is 5.10 Å². The number of benzene rings is 3. The van der Waals surface area contributed by atoms with Crippen molar-refractivity contribution in [1.29, 1.82) is 0 Å². The minimum atomic E-state index is -0.925. The van der Waals surface area contributed by atoms with Crippen molar-refractivity contribution in [2.24, 2.45) is 0 Å². The summed E-state index contributed by atoms with van der Waals surface area (Å²) in [5.74, 6) is 0.128. The van der Waals surface area contributed by atoms with E-state index >= 15 is 0 Å². The summed E-state index contributed by atoms with van der Waals surface area (Å²) in [6, 6.07) is 21.5. The third-order valence-corrected chi connectivity index (χ3v) is 6.89. The number of hydrogen-bond donors (Lipinski definition) is 1. The highest BCUT2D eigenvalue weighted by molar-refractivity contribution is 6.02. The lowest BCUT2D eigenvalue weighted by Crippen LogP contribution is -2.47. The second-order valence-corrected chi connectivity index (χ2v) is 9.57. The smallest absolute Gasteiger partial charge is 0.249 e. The predicted molar refractivity (Wildman–Crippen MR) is 149 cm³/mol. The van der Waals surface area contributed by atoms with Crippen LogP contribution in [-0.2, 0) is 20.9 Å². The number of para-hydroxylation sites is 2. The number of hydrogen-bond acceptors (Lipinski definition) is 6. The van der Waals surface area contributed by atoms with Crippen molar-refractivity contribution in [1.82, 2.24) is 20.3 Å². The van der Waals surface area contributed by atoms with E-state index in [2.05, 4.69) is 15.6 Å². The molecule has 2 atom stereocenters. The molecule has 5 rings (SSSR count). The van der Waals surface area contributed by atoms with Gasteiger partial charge in [0.05, 0.1) is 18.2 Å². The van der Waals surface area contributed by atoms with Crippen molar-refractivity contribution < 1.29 is 19.1 Å². The van der Waals surface area contributed by atoms with Crippen molar-refractivity contribution in [2.45, 2.75) is 45.4 Å². The molecule has 39 heavy (non-hydrogen) atoms. The van der Waals surface area contributed by atoms with Gasteiger partial charge in [0.2, 0.25) is 11.8 Å². The molecule has 3 aromatic carbocycles. The van der Waals surface area contributed by atoms with E-state index in [0.717, 1.165) is 23.9 Å². The first kappa shape index (κ1) is 26.4. The molecule has 0 spiro atoms. The van der Waals surface area contributed by atoms with E-state index in [1.807, 2.05) is 86.6 Å². The van der Waals surface area contributed by atoms with E-state index in [9.17, 15) is 9.59 Å². The lowest BCUT2D eigenvalue weighted by molar-refractivity contribution is -0.127. The number of nitrogens with zero attached hydrogens (tertiary/aromatic N) is 4. The Bertz CT molecular complexity index is 1430. The average molecular weight is 528 g/mol. The molecular weight excluding hydrogens is 494 g/mol. The first-order chi connectivity index (χ1) is 19.0. The maximum atomic E-state index is 14.2. The van der Waals surface area contributed by atoms with Gasteiger partial charge in [0.15, 0.2) is 0 Å². The molecule has 0 bridgehead atoms. The fourth-order valence-corrected chi connectivity index (χ4v) is 4.94. The van der Waals surface area contributed by atoms with Crippen LogP contribution in [0.1, 0.15) is 36.9 Å². The first-order valence-corrected chi connectivity index (χ1v) is 13.3. The minimum Gasteiger partial charge on any atom is -0.494 e. The van der Waals surface area contributed by atoms with E-state index < -0.39 is 6.04 Å². The molecular formula is C30H33N5O4. The zero-order valence-electron chi connectivity index (χ0n) is 22.2. The number of carbonyl (C=O) groups excluding carboxylic acids is 2. The summed E-state index contributed by atoms with van der Waals surface area (Å²) < 4.78 is 12.9. The minimum absolute atomic E-state index is 0.0287. The maximum Gasteiger partial charge on any atom is 0.249 e. The maximum absolute atomic E-state index is 14.2. The Balaban J connectivity index is 1.54. The van der Waals surface area contributed by atoms with E-state index in [1.54, 1.807) is 9.58 Å². The molecule has 4 aromatic rings. The number of amides is 2. The standard InChI is InChI=1S/C30H33N5O4/c1-3-38-23-16-14-22(15-17-23)29(30(37)31-19-24-10-8-18-39-24)35(26-12-6-4-9-21(26)2)28(36)20-34-27-13-7-5-11-25(27)32-33-34/h4-7,9,11-17,24,29H,3,8,10,18-20H2,1-2H3,(H,31,37)/t24-,29-/m0/s1. The second-order valence-electron chi connectivity index (χ2n) is 9.57. The third kappa shape index (κ3) is 5.93. The van der Waals surface area contributed by atoms with Crippen molar-refractivity contribution in [2.75, 3.05) is 24.7 Å². The Kier molecular flexibility index (Phi) is 8.17. The van der Waals surface area contributed by atoms with Gasteiger partial charge < -0.3 is 14.8 Å². The van der Waals surface area contributed by atoms with E-state index in [1.165, 1.54) is 0 Å². The van der Waals surface area contributed by atoms with Crippen LogP contribution < -0.4 is 15.0 Å². The zero-order chi connectivity index (χ0) is 27.2. The molecule has 202 valence electrons. The Morgan fingerprint density at radius 2 is 1.87 bits per heavy atom. The summed E-state index contributed by atoms with van der Waals surface area (Å²) in [5.41, 5.74) is 3.64.